The molecule has 1 atom stereocenters. The molecule has 1 heterocycles. The molecule has 0 aliphatic carbocycles. The van der Waals surface area contributed by atoms with E-state index in [0.29, 0.717) is 6.42 Å². The molecular weight excluding hydrogens is 365 g/mol. The van der Waals surface area contributed by atoms with Crippen molar-refractivity contribution in [3.05, 3.63) is 29.8 Å². The highest BCUT2D eigenvalue weighted by Crippen LogP contribution is 2.26. The first-order valence-electron chi connectivity index (χ1n) is 7.22. The number of aliphatic carboxylic acids is 1. The molecule has 1 amide bonds. The summed E-state index contributed by atoms with van der Waals surface area (Å²) in [5.74, 6) is -2.36. The van der Waals surface area contributed by atoms with Gasteiger partial charge in [0.2, 0.25) is 10.0 Å². The van der Waals surface area contributed by atoms with E-state index in [1.807, 2.05) is 0 Å². The summed E-state index contributed by atoms with van der Waals surface area (Å²) in [7, 11) is -4.18. The molecule has 0 aromatic heterocycles. The second-order valence-electron chi connectivity index (χ2n) is 5.44. The lowest BCUT2D eigenvalue weighted by Gasteiger charge is -2.21. The van der Waals surface area contributed by atoms with Gasteiger partial charge in [0, 0.05) is 12.1 Å². The number of carbonyl (C=O) groups excluding carboxylic acids is 1. The number of sulfonamides is 1. The maximum Gasteiger partial charge on any atom is 0.405 e. The molecule has 1 fully saturated rings. The Morgan fingerprint density at radius 2 is 2.00 bits per heavy atom. The fraction of sp³-hybridized carbons (Fsp3) is 0.429. The number of rotatable bonds is 5. The van der Waals surface area contributed by atoms with Gasteiger partial charge in [0.1, 0.15) is 12.6 Å². The van der Waals surface area contributed by atoms with Crippen molar-refractivity contribution in [2.45, 2.75) is 30.0 Å². The molecule has 0 radical (unpaired) electrons. The van der Waals surface area contributed by atoms with E-state index < -0.39 is 40.7 Å². The molecule has 1 aromatic rings. The Labute approximate surface area is 141 Å². The normalized spacial score (nSPS) is 18.9. The van der Waals surface area contributed by atoms with E-state index in [-0.39, 0.29) is 23.4 Å². The maximum absolute atomic E-state index is 12.6. The van der Waals surface area contributed by atoms with E-state index in [4.69, 9.17) is 5.11 Å². The van der Waals surface area contributed by atoms with Crippen LogP contribution in [0.25, 0.3) is 0 Å². The van der Waals surface area contributed by atoms with Crippen LogP contribution in [0.15, 0.2) is 29.2 Å². The van der Waals surface area contributed by atoms with Gasteiger partial charge in [0.05, 0.1) is 4.90 Å². The van der Waals surface area contributed by atoms with Gasteiger partial charge >= 0.3 is 12.1 Å². The summed E-state index contributed by atoms with van der Waals surface area (Å²) in [6, 6.07) is 3.27. The monoisotopic (exact) mass is 380 g/mol. The minimum atomic E-state index is -4.59. The zero-order valence-corrected chi connectivity index (χ0v) is 13.6. The summed E-state index contributed by atoms with van der Waals surface area (Å²) >= 11 is 0. The van der Waals surface area contributed by atoms with Crippen molar-refractivity contribution in [3.8, 4) is 0 Å². The molecule has 2 rings (SSSR count). The summed E-state index contributed by atoms with van der Waals surface area (Å²) in [6.45, 7) is -1.53. The zero-order chi connectivity index (χ0) is 18.8. The van der Waals surface area contributed by atoms with Crippen LogP contribution in [-0.4, -0.2) is 55.0 Å². The molecule has 2 N–H and O–H groups in total. The summed E-state index contributed by atoms with van der Waals surface area (Å²) in [6.07, 6.45) is -4.05. The minimum absolute atomic E-state index is 0.0177. The third-order valence-corrected chi connectivity index (χ3v) is 5.55. The lowest BCUT2D eigenvalue weighted by molar-refractivity contribution is -0.140. The Hall–Kier alpha value is -2.14. The first-order chi connectivity index (χ1) is 11.5. The predicted molar refractivity (Wildman–Crippen MR) is 79.4 cm³/mol. The molecule has 138 valence electrons. The molecule has 1 aliphatic rings. The molecule has 1 aromatic carbocycles. The Morgan fingerprint density at radius 1 is 1.32 bits per heavy atom. The number of carboxylic acids is 1. The van der Waals surface area contributed by atoms with Crippen LogP contribution in [0.2, 0.25) is 0 Å². The number of hydrogen-bond donors (Lipinski definition) is 2. The van der Waals surface area contributed by atoms with E-state index in [1.165, 1.54) is 12.1 Å². The quantitative estimate of drug-likeness (QED) is 0.799. The van der Waals surface area contributed by atoms with Crippen molar-refractivity contribution < 1.29 is 36.3 Å². The lowest BCUT2D eigenvalue weighted by atomic mass is 10.2. The summed E-state index contributed by atoms with van der Waals surface area (Å²) < 4.78 is 62.5. The molecule has 0 unspecified atom stereocenters. The molecule has 1 saturated heterocycles. The fourth-order valence-corrected chi connectivity index (χ4v) is 4.19. The van der Waals surface area contributed by atoms with Crippen molar-refractivity contribution >= 4 is 21.9 Å². The highest BCUT2D eigenvalue weighted by Gasteiger charge is 2.39. The molecule has 0 saturated carbocycles. The Bertz CT molecular complexity index is 779. The van der Waals surface area contributed by atoms with E-state index in [1.54, 1.807) is 5.32 Å². The van der Waals surface area contributed by atoms with Gasteiger partial charge in [-0.1, -0.05) is 6.07 Å². The summed E-state index contributed by atoms with van der Waals surface area (Å²) in [4.78, 5) is 22.6. The number of carboxylic acid groups (broad SMARTS) is 1. The van der Waals surface area contributed by atoms with Gasteiger partial charge in [-0.3, -0.25) is 9.59 Å². The smallest absolute Gasteiger partial charge is 0.405 e. The van der Waals surface area contributed by atoms with Crippen LogP contribution in [0, 0.1) is 0 Å². The van der Waals surface area contributed by atoms with Gasteiger partial charge in [-0.05, 0) is 31.0 Å². The number of benzene rings is 1. The second kappa shape index (κ2) is 7.00. The van der Waals surface area contributed by atoms with Crippen LogP contribution in [-0.2, 0) is 14.8 Å². The van der Waals surface area contributed by atoms with Gasteiger partial charge in [-0.2, -0.15) is 17.5 Å². The molecule has 0 bridgehead atoms. The molecule has 11 heteroatoms. The van der Waals surface area contributed by atoms with Crippen LogP contribution in [0.1, 0.15) is 23.2 Å². The standard InChI is InChI=1S/C14H15F3N2O5S/c15-14(16,17)8-18-12(20)9-3-1-4-10(7-9)25(23,24)19-6-2-5-11(19)13(21)22/h1,3-4,7,11H,2,5-6,8H2,(H,18,20)(H,21,22)/t11-/m0/s1. The number of hydrogen-bond acceptors (Lipinski definition) is 4. The van der Waals surface area contributed by atoms with E-state index in [9.17, 15) is 31.2 Å². The zero-order valence-electron chi connectivity index (χ0n) is 12.8. The first-order valence-corrected chi connectivity index (χ1v) is 8.66. The largest absolute Gasteiger partial charge is 0.480 e. The number of alkyl halides is 3. The van der Waals surface area contributed by atoms with Gasteiger partial charge in [0.25, 0.3) is 5.91 Å². The summed E-state index contributed by atoms with van der Waals surface area (Å²) in [5, 5.41) is 10.8. The van der Waals surface area contributed by atoms with Crippen LogP contribution in [0.5, 0.6) is 0 Å². The predicted octanol–water partition coefficient (Wildman–Crippen LogP) is 1.22. The number of halogens is 3. The van der Waals surface area contributed by atoms with Crippen molar-refractivity contribution in [1.29, 1.82) is 0 Å². The van der Waals surface area contributed by atoms with Crippen molar-refractivity contribution in [2.24, 2.45) is 0 Å². The lowest BCUT2D eigenvalue weighted by Crippen LogP contribution is -2.40. The fourth-order valence-electron chi connectivity index (χ4n) is 2.49. The number of nitrogens with zero attached hydrogens (tertiary/aromatic N) is 1. The highest BCUT2D eigenvalue weighted by molar-refractivity contribution is 7.89. The SMILES string of the molecule is O=C(NCC(F)(F)F)c1cccc(S(=O)(=O)N2CCC[C@H]2C(=O)O)c1. The first kappa shape index (κ1) is 19.2. The highest BCUT2D eigenvalue weighted by atomic mass is 32.2. The average Bonchev–Trinajstić information content (AvgIpc) is 3.02. The van der Waals surface area contributed by atoms with E-state index in [0.717, 1.165) is 16.4 Å². The van der Waals surface area contributed by atoms with Gasteiger partial charge in [0.15, 0.2) is 0 Å². The third-order valence-electron chi connectivity index (χ3n) is 3.64. The molecule has 0 spiro atoms. The van der Waals surface area contributed by atoms with Gasteiger partial charge < -0.3 is 10.4 Å². The Morgan fingerprint density at radius 3 is 2.60 bits per heavy atom. The van der Waals surface area contributed by atoms with Crippen LogP contribution >= 0.6 is 0 Å². The Balaban J connectivity index is 2.25. The molecule has 7 nitrogen and oxygen atoms in total. The van der Waals surface area contributed by atoms with E-state index >= 15 is 0 Å². The van der Waals surface area contributed by atoms with Crippen molar-refractivity contribution in [1.82, 2.24) is 9.62 Å². The van der Waals surface area contributed by atoms with Gasteiger partial charge in [-0.25, -0.2) is 8.42 Å². The average molecular weight is 380 g/mol. The second-order valence-corrected chi connectivity index (χ2v) is 7.33. The van der Waals surface area contributed by atoms with Gasteiger partial charge in [-0.15, -0.1) is 0 Å². The van der Waals surface area contributed by atoms with E-state index in [2.05, 4.69) is 0 Å². The van der Waals surface area contributed by atoms with Crippen LogP contribution in [0.4, 0.5) is 13.2 Å². The minimum Gasteiger partial charge on any atom is -0.480 e. The molecular formula is C14H15F3N2O5S. The van der Waals surface area contributed by atoms with Crippen molar-refractivity contribution in [3.63, 3.8) is 0 Å². The van der Waals surface area contributed by atoms with Crippen LogP contribution < -0.4 is 5.32 Å². The molecule has 25 heavy (non-hydrogen) atoms. The topological polar surface area (TPSA) is 104 Å². The van der Waals surface area contributed by atoms with Crippen molar-refractivity contribution in [2.75, 3.05) is 13.1 Å². The Kier molecular flexibility index (Phi) is 5.37. The number of amides is 1. The maximum atomic E-state index is 12.6. The molecule has 1 aliphatic heterocycles. The summed E-state index contributed by atoms with van der Waals surface area (Å²) in [5.41, 5.74) is -0.267. The third kappa shape index (κ3) is 4.48. The van der Waals surface area contributed by atoms with Crippen LogP contribution in [0.3, 0.4) is 0 Å². The number of nitrogens with one attached hydrogen (secondary N) is 1. The number of carbonyl (C=O) groups is 2.